The Bertz CT molecular complexity index is 1470. The molecule has 4 N–H and O–H groups in total. The summed E-state index contributed by atoms with van der Waals surface area (Å²) in [6.07, 6.45) is 0. The van der Waals surface area contributed by atoms with Crippen molar-refractivity contribution in [1.29, 1.82) is 0 Å². The zero-order valence-corrected chi connectivity index (χ0v) is 19.2. The molecule has 0 fully saturated rings. The Labute approximate surface area is 204 Å². The molecule has 1 unspecified atom stereocenters. The number of nitro groups is 1. The lowest BCUT2D eigenvalue weighted by Crippen LogP contribution is -2.43. The second-order valence-corrected chi connectivity index (χ2v) is 8.00. The largest absolute Gasteiger partial charge is 0.502 e. The number of nitrogens with one attached hydrogen (secondary N) is 3. The number of nitrogens with zero attached hydrogens (tertiary/aromatic N) is 2. The lowest BCUT2D eigenvalue weighted by atomic mass is 9.91. The molecule has 4 aromatic rings. The second kappa shape index (κ2) is 8.95. The summed E-state index contributed by atoms with van der Waals surface area (Å²) in [6.45, 7) is 0. The third kappa shape index (κ3) is 3.92. The SMILES string of the molecule is COc1cc(C2NC(=O)NC(c3ccc([N+](=O)[O-])cc3)=C2c2nc3ccccc3[nH]2)cc(OC)c1O. The number of carbonyl (C=O) groups excluding carboxylic acids is 1. The highest BCUT2D eigenvalue weighted by atomic mass is 16.6. The van der Waals surface area contributed by atoms with Gasteiger partial charge in [-0.15, -0.1) is 0 Å². The summed E-state index contributed by atoms with van der Waals surface area (Å²) in [4.78, 5) is 31.5. The number of nitro benzene ring substituents is 1. The summed E-state index contributed by atoms with van der Waals surface area (Å²) in [5, 5.41) is 27.3. The molecule has 0 aliphatic carbocycles. The summed E-state index contributed by atoms with van der Waals surface area (Å²) in [6, 6.07) is 15.3. The smallest absolute Gasteiger partial charge is 0.320 e. The predicted molar refractivity (Wildman–Crippen MR) is 132 cm³/mol. The monoisotopic (exact) mass is 487 g/mol. The van der Waals surface area contributed by atoms with Crippen LogP contribution in [-0.4, -0.2) is 40.2 Å². The minimum atomic E-state index is -0.743. The van der Waals surface area contributed by atoms with E-state index < -0.39 is 17.0 Å². The first-order chi connectivity index (χ1) is 17.4. The number of aromatic nitrogens is 2. The van der Waals surface area contributed by atoms with Crippen LogP contribution in [0.4, 0.5) is 10.5 Å². The van der Waals surface area contributed by atoms with Gasteiger partial charge in [0.25, 0.3) is 5.69 Å². The van der Waals surface area contributed by atoms with E-state index in [4.69, 9.17) is 14.5 Å². The van der Waals surface area contributed by atoms with Crippen molar-refractivity contribution >= 4 is 34.0 Å². The first-order valence-electron chi connectivity index (χ1n) is 10.9. The summed E-state index contributed by atoms with van der Waals surface area (Å²) < 4.78 is 10.6. The number of hydrogen-bond acceptors (Lipinski definition) is 7. The number of phenolic OH excluding ortho intramolecular Hbond substituents is 1. The van der Waals surface area contributed by atoms with Crippen molar-refractivity contribution in [3.8, 4) is 17.2 Å². The average Bonchev–Trinajstić information content (AvgIpc) is 3.32. The summed E-state index contributed by atoms with van der Waals surface area (Å²) in [5.41, 5.74) is 3.55. The topological polar surface area (TPSA) is 152 Å². The lowest BCUT2D eigenvalue weighted by molar-refractivity contribution is -0.384. The van der Waals surface area contributed by atoms with Crippen LogP contribution in [0.5, 0.6) is 17.2 Å². The maximum Gasteiger partial charge on any atom is 0.320 e. The van der Waals surface area contributed by atoms with Gasteiger partial charge < -0.3 is 30.2 Å². The quantitative estimate of drug-likeness (QED) is 0.236. The van der Waals surface area contributed by atoms with Gasteiger partial charge in [-0.05, 0) is 47.5 Å². The zero-order chi connectivity index (χ0) is 25.4. The van der Waals surface area contributed by atoms with Crippen molar-refractivity contribution in [2.45, 2.75) is 6.04 Å². The standard InChI is InChI=1S/C25H21N5O6/c1-35-18-11-14(12-19(36-2)23(18)31)22-20(24-26-16-5-3-4-6-17(16)27-24)21(28-25(32)29-22)13-7-9-15(10-8-13)30(33)34/h3-12,22,31H,1-2H3,(H,26,27)(H2,28,29,32). The molecule has 0 spiro atoms. The second-order valence-electron chi connectivity index (χ2n) is 8.00. The number of rotatable bonds is 6. The number of ether oxygens (including phenoxy) is 2. The fourth-order valence-corrected chi connectivity index (χ4v) is 4.21. The Morgan fingerprint density at radius 3 is 2.31 bits per heavy atom. The number of urea groups is 1. The van der Waals surface area contributed by atoms with E-state index >= 15 is 0 Å². The van der Waals surface area contributed by atoms with Gasteiger partial charge in [-0.2, -0.15) is 0 Å². The fraction of sp³-hybridized carbons (Fsp3) is 0.120. The molecule has 1 aliphatic rings. The van der Waals surface area contributed by atoms with E-state index in [-0.39, 0.29) is 22.9 Å². The van der Waals surface area contributed by atoms with Crippen LogP contribution in [0.25, 0.3) is 22.3 Å². The Morgan fingerprint density at radius 1 is 1.03 bits per heavy atom. The van der Waals surface area contributed by atoms with Crippen LogP contribution < -0.4 is 20.1 Å². The van der Waals surface area contributed by atoms with Crippen LogP contribution in [0.3, 0.4) is 0 Å². The normalized spacial score (nSPS) is 15.4. The minimum absolute atomic E-state index is 0.0746. The number of amides is 2. The molecular weight excluding hydrogens is 466 g/mol. The number of methoxy groups -OCH3 is 2. The molecule has 0 saturated heterocycles. The van der Waals surface area contributed by atoms with E-state index in [1.807, 2.05) is 24.3 Å². The number of phenols is 1. The number of fused-ring (bicyclic) bond motifs is 1. The highest BCUT2D eigenvalue weighted by molar-refractivity contribution is 6.03. The van der Waals surface area contributed by atoms with E-state index in [2.05, 4.69) is 15.6 Å². The van der Waals surface area contributed by atoms with Crippen molar-refractivity contribution in [2.75, 3.05) is 14.2 Å². The predicted octanol–water partition coefficient (Wildman–Crippen LogP) is 4.12. The van der Waals surface area contributed by atoms with Gasteiger partial charge >= 0.3 is 6.03 Å². The summed E-state index contributed by atoms with van der Waals surface area (Å²) in [5.74, 6) is 0.637. The van der Waals surface area contributed by atoms with Crippen LogP contribution in [0.1, 0.15) is 23.0 Å². The van der Waals surface area contributed by atoms with Crippen LogP contribution in [0, 0.1) is 10.1 Å². The maximum absolute atomic E-state index is 12.8. The van der Waals surface area contributed by atoms with Gasteiger partial charge in [0.05, 0.1) is 41.9 Å². The van der Waals surface area contributed by atoms with Gasteiger partial charge in [-0.3, -0.25) is 10.1 Å². The number of carbonyl (C=O) groups is 1. The van der Waals surface area contributed by atoms with Crippen LogP contribution in [-0.2, 0) is 0 Å². The molecule has 182 valence electrons. The Morgan fingerprint density at radius 2 is 1.69 bits per heavy atom. The highest BCUT2D eigenvalue weighted by Gasteiger charge is 2.33. The molecule has 5 rings (SSSR count). The molecular formula is C25H21N5O6. The van der Waals surface area contributed by atoms with Gasteiger partial charge in [-0.1, -0.05) is 12.1 Å². The molecule has 2 heterocycles. The van der Waals surface area contributed by atoms with Gasteiger partial charge in [0.1, 0.15) is 5.82 Å². The maximum atomic E-state index is 12.8. The van der Waals surface area contributed by atoms with Crippen molar-refractivity contribution < 1.29 is 24.3 Å². The fourth-order valence-electron chi connectivity index (χ4n) is 4.21. The first-order valence-corrected chi connectivity index (χ1v) is 10.9. The van der Waals surface area contributed by atoms with Crippen LogP contribution in [0.15, 0.2) is 60.7 Å². The molecule has 0 radical (unpaired) electrons. The van der Waals surface area contributed by atoms with Crippen molar-refractivity contribution in [2.24, 2.45) is 0 Å². The summed E-state index contributed by atoms with van der Waals surface area (Å²) >= 11 is 0. The third-order valence-electron chi connectivity index (χ3n) is 5.92. The first kappa shape index (κ1) is 22.7. The zero-order valence-electron chi connectivity index (χ0n) is 19.2. The molecule has 36 heavy (non-hydrogen) atoms. The molecule has 1 aromatic heterocycles. The third-order valence-corrected chi connectivity index (χ3v) is 5.92. The van der Waals surface area contributed by atoms with Crippen LogP contribution >= 0.6 is 0 Å². The Kier molecular flexibility index (Phi) is 5.65. The molecule has 0 saturated carbocycles. The number of aromatic hydroxyl groups is 1. The molecule has 1 aliphatic heterocycles. The number of para-hydroxylation sites is 2. The Balaban J connectivity index is 1.77. The number of hydrogen-bond donors (Lipinski definition) is 4. The van der Waals surface area contributed by atoms with Gasteiger partial charge in [0.15, 0.2) is 11.5 Å². The number of aromatic amines is 1. The van der Waals surface area contributed by atoms with E-state index in [9.17, 15) is 20.0 Å². The lowest BCUT2D eigenvalue weighted by Gasteiger charge is -2.30. The minimum Gasteiger partial charge on any atom is -0.502 e. The van der Waals surface area contributed by atoms with E-state index in [0.717, 1.165) is 11.0 Å². The van der Waals surface area contributed by atoms with E-state index in [0.29, 0.717) is 28.2 Å². The Hall–Kier alpha value is -5.06. The van der Waals surface area contributed by atoms with Crippen LogP contribution in [0.2, 0.25) is 0 Å². The molecule has 11 heteroatoms. The molecule has 11 nitrogen and oxygen atoms in total. The van der Waals surface area contributed by atoms with Crippen molar-refractivity contribution in [1.82, 2.24) is 20.6 Å². The molecule has 0 bridgehead atoms. The van der Waals surface area contributed by atoms with E-state index in [1.165, 1.54) is 26.4 Å². The van der Waals surface area contributed by atoms with Gasteiger partial charge in [0, 0.05) is 17.7 Å². The van der Waals surface area contributed by atoms with Crippen molar-refractivity contribution in [3.63, 3.8) is 0 Å². The molecule has 3 aromatic carbocycles. The highest BCUT2D eigenvalue weighted by Crippen LogP contribution is 2.43. The average molecular weight is 487 g/mol. The van der Waals surface area contributed by atoms with Gasteiger partial charge in [0.2, 0.25) is 5.75 Å². The summed E-state index contributed by atoms with van der Waals surface area (Å²) in [7, 11) is 2.83. The van der Waals surface area contributed by atoms with Crippen molar-refractivity contribution in [3.05, 3.63) is 87.7 Å². The van der Waals surface area contributed by atoms with Gasteiger partial charge in [-0.25, -0.2) is 9.78 Å². The number of H-pyrrole nitrogens is 1. The molecule has 2 amide bonds. The molecule has 1 atom stereocenters. The number of non-ortho nitro benzene ring substituents is 1. The number of imidazole rings is 1. The number of benzene rings is 3. The van der Waals surface area contributed by atoms with E-state index in [1.54, 1.807) is 24.3 Å².